The molecule has 0 aliphatic heterocycles. The van der Waals surface area contributed by atoms with Gasteiger partial charge in [-0.2, -0.15) is 0 Å². The van der Waals surface area contributed by atoms with Gasteiger partial charge >= 0.3 is 0 Å². The van der Waals surface area contributed by atoms with Crippen LogP contribution < -0.4 is 11.1 Å². The van der Waals surface area contributed by atoms with Gasteiger partial charge in [-0.15, -0.1) is 0 Å². The Morgan fingerprint density at radius 1 is 1.40 bits per heavy atom. The lowest BCUT2D eigenvalue weighted by atomic mass is 9.54. The number of nitrogens with two attached hydrogens (primary N) is 1. The van der Waals surface area contributed by atoms with Crippen molar-refractivity contribution in [1.82, 2.24) is 10.3 Å². The van der Waals surface area contributed by atoms with Crippen LogP contribution in [0.1, 0.15) is 44.0 Å². The first-order chi connectivity index (χ1) is 11.7. The number of nitrogens with one attached hydrogen (secondary N) is 2. The van der Waals surface area contributed by atoms with Crippen LogP contribution in [0.25, 0.3) is 10.9 Å². The number of hydrogen-bond acceptors (Lipinski definition) is 3. The van der Waals surface area contributed by atoms with Crippen LogP contribution in [0.5, 0.6) is 0 Å². The summed E-state index contributed by atoms with van der Waals surface area (Å²) in [4.78, 5) is 16.1. The first-order valence-electron chi connectivity index (χ1n) is 8.97. The van der Waals surface area contributed by atoms with Gasteiger partial charge in [0.05, 0.1) is 6.10 Å². The highest BCUT2D eigenvalue weighted by Crippen LogP contribution is 2.49. The molecule has 4 N–H and O–H groups in total. The molecule has 1 aliphatic carbocycles. The van der Waals surface area contributed by atoms with Crippen molar-refractivity contribution in [2.45, 2.75) is 59.2 Å². The molecule has 2 aromatic rings. The van der Waals surface area contributed by atoms with E-state index < -0.39 is 5.54 Å². The molecule has 0 bridgehead atoms. The monoisotopic (exact) mass is 343 g/mol. The fourth-order valence-electron chi connectivity index (χ4n) is 3.78. The number of amides is 1. The van der Waals surface area contributed by atoms with E-state index in [1.165, 1.54) is 16.6 Å². The molecule has 2 atom stereocenters. The molecule has 1 heterocycles. The Hall–Kier alpha value is -1.85. The van der Waals surface area contributed by atoms with Crippen LogP contribution >= 0.6 is 0 Å². The Kier molecular flexibility index (Phi) is 4.41. The molecule has 1 amide bonds. The fraction of sp³-hybridized carbons (Fsp3) is 0.550. The summed E-state index contributed by atoms with van der Waals surface area (Å²) in [5.74, 6) is -0.101. The van der Waals surface area contributed by atoms with Gasteiger partial charge in [0.2, 0.25) is 5.91 Å². The topological polar surface area (TPSA) is 80.1 Å². The second kappa shape index (κ2) is 6.15. The van der Waals surface area contributed by atoms with E-state index >= 15 is 0 Å². The molecule has 2 unspecified atom stereocenters. The van der Waals surface area contributed by atoms with Crippen LogP contribution in [0.3, 0.4) is 0 Å². The molecule has 1 fully saturated rings. The van der Waals surface area contributed by atoms with Crippen molar-refractivity contribution in [3.63, 3.8) is 0 Å². The van der Waals surface area contributed by atoms with Gasteiger partial charge in [-0.25, -0.2) is 0 Å². The molecule has 0 spiro atoms. The molecule has 25 heavy (non-hydrogen) atoms. The second-order valence-electron chi connectivity index (χ2n) is 7.78. The van der Waals surface area contributed by atoms with E-state index in [0.29, 0.717) is 19.6 Å². The number of aryl methyl sites for hydroxylation is 2. The summed E-state index contributed by atoms with van der Waals surface area (Å²) < 4.78 is 5.70. The number of aromatic nitrogens is 1. The van der Waals surface area contributed by atoms with Gasteiger partial charge < -0.3 is 20.8 Å². The van der Waals surface area contributed by atoms with Gasteiger partial charge in [-0.05, 0) is 44.0 Å². The van der Waals surface area contributed by atoms with E-state index in [1.807, 2.05) is 26.8 Å². The minimum Gasteiger partial charge on any atom is -0.378 e. The third-order valence-electron chi connectivity index (χ3n) is 6.06. The van der Waals surface area contributed by atoms with Crippen LogP contribution in [0.15, 0.2) is 18.2 Å². The van der Waals surface area contributed by atoms with Gasteiger partial charge in [0.15, 0.2) is 0 Å². The van der Waals surface area contributed by atoms with Gasteiger partial charge in [-0.3, -0.25) is 4.79 Å². The average Bonchev–Trinajstić information content (AvgIpc) is 2.86. The Morgan fingerprint density at radius 3 is 2.76 bits per heavy atom. The number of ether oxygens (including phenoxy) is 1. The lowest BCUT2D eigenvalue weighted by Crippen LogP contribution is -2.75. The van der Waals surface area contributed by atoms with Gasteiger partial charge in [-0.1, -0.05) is 19.9 Å². The normalized spacial score (nSPS) is 25.0. The minimum atomic E-state index is -0.877. The Labute approximate surface area is 149 Å². The third-order valence-corrected chi connectivity index (χ3v) is 6.06. The maximum Gasteiger partial charge on any atom is 0.241 e. The number of aromatic amines is 1. The smallest absolute Gasteiger partial charge is 0.241 e. The summed E-state index contributed by atoms with van der Waals surface area (Å²) in [6, 6.07) is 6.23. The zero-order valence-electron chi connectivity index (χ0n) is 15.8. The number of hydrogen-bond donors (Lipinski definition) is 3. The van der Waals surface area contributed by atoms with Gasteiger partial charge in [0, 0.05) is 41.6 Å². The molecule has 0 saturated heterocycles. The number of benzene rings is 1. The van der Waals surface area contributed by atoms with Crippen molar-refractivity contribution in [1.29, 1.82) is 0 Å². The van der Waals surface area contributed by atoms with Crippen molar-refractivity contribution < 1.29 is 9.53 Å². The summed E-state index contributed by atoms with van der Waals surface area (Å²) in [5, 5.41) is 4.22. The van der Waals surface area contributed by atoms with Crippen LogP contribution in [0.2, 0.25) is 0 Å². The number of carbonyl (C=O) groups excluding carboxylic acids is 1. The Balaban J connectivity index is 1.69. The quantitative estimate of drug-likeness (QED) is 0.781. The molecule has 5 nitrogen and oxygen atoms in total. The number of carbonyl (C=O) groups is 1. The van der Waals surface area contributed by atoms with E-state index in [2.05, 4.69) is 36.3 Å². The maximum atomic E-state index is 12.7. The van der Waals surface area contributed by atoms with Crippen LogP contribution in [-0.2, 0) is 16.1 Å². The fourth-order valence-corrected chi connectivity index (χ4v) is 3.78. The van der Waals surface area contributed by atoms with Crippen LogP contribution in [-0.4, -0.2) is 29.1 Å². The molecule has 1 aromatic carbocycles. The van der Waals surface area contributed by atoms with E-state index in [0.717, 1.165) is 11.1 Å². The molecule has 0 radical (unpaired) electrons. The lowest BCUT2D eigenvalue weighted by molar-refractivity contribution is -0.170. The standard InChI is InChI=1S/C20H29N3O2/c1-6-25-17-10-20(21,19(17,4)5)18(24)22-11-14-7-8-16-15(9-14)12(2)13(3)23-16/h7-9,17,23H,6,10-11,21H2,1-5H3,(H,22,24). The average molecular weight is 343 g/mol. The Bertz CT molecular complexity index is 809. The van der Waals surface area contributed by atoms with E-state index in [1.54, 1.807) is 0 Å². The molecule has 1 aliphatic rings. The summed E-state index contributed by atoms with van der Waals surface area (Å²) in [6.45, 7) is 11.3. The van der Waals surface area contributed by atoms with Crippen molar-refractivity contribution in [3.05, 3.63) is 35.0 Å². The largest absolute Gasteiger partial charge is 0.378 e. The first-order valence-corrected chi connectivity index (χ1v) is 8.97. The highest BCUT2D eigenvalue weighted by Gasteiger charge is 2.62. The summed E-state index contributed by atoms with van der Waals surface area (Å²) in [6.07, 6.45) is 0.601. The van der Waals surface area contributed by atoms with Gasteiger partial charge in [0.25, 0.3) is 0 Å². The molecule has 136 valence electrons. The zero-order chi connectivity index (χ0) is 18.4. The number of H-pyrrole nitrogens is 1. The summed E-state index contributed by atoms with van der Waals surface area (Å²) in [7, 11) is 0. The predicted molar refractivity (Wildman–Crippen MR) is 100 cm³/mol. The molecule has 3 rings (SSSR count). The minimum absolute atomic E-state index is 0.0371. The van der Waals surface area contributed by atoms with E-state index in [4.69, 9.17) is 10.5 Å². The maximum absolute atomic E-state index is 12.7. The lowest BCUT2D eigenvalue weighted by Gasteiger charge is -2.57. The molecule has 5 heteroatoms. The van der Waals surface area contributed by atoms with Gasteiger partial charge in [0.1, 0.15) is 5.54 Å². The van der Waals surface area contributed by atoms with Crippen molar-refractivity contribution in [2.75, 3.05) is 6.61 Å². The van der Waals surface area contributed by atoms with Crippen molar-refractivity contribution >= 4 is 16.8 Å². The highest BCUT2D eigenvalue weighted by atomic mass is 16.5. The summed E-state index contributed by atoms with van der Waals surface area (Å²) in [5.41, 5.74) is 9.81. The van der Waals surface area contributed by atoms with E-state index in [-0.39, 0.29) is 17.4 Å². The van der Waals surface area contributed by atoms with Crippen LogP contribution in [0, 0.1) is 19.3 Å². The van der Waals surface area contributed by atoms with Crippen molar-refractivity contribution in [3.8, 4) is 0 Å². The van der Waals surface area contributed by atoms with Crippen LogP contribution in [0.4, 0.5) is 0 Å². The Morgan fingerprint density at radius 2 is 2.12 bits per heavy atom. The molecule has 1 aromatic heterocycles. The predicted octanol–water partition coefficient (Wildman–Crippen LogP) is 2.93. The number of fused-ring (bicyclic) bond motifs is 1. The third kappa shape index (κ3) is 2.75. The van der Waals surface area contributed by atoms with E-state index in [9.17, 15) is 4.79 Å². The molecular weight excluding hydrogens is 314 g/mol. The SMILES string of the molecule is CCOC1CC(N)(C(=O)NCc2ccc3[nH]c(C)c(C)c3c2)C1(C)C. The molecular formula is C20H29N3O2. The zero-order valence-corrected chi connectivity index (χ0v) is 15.8. The number of rotatable bonds is 5. The second-order valence-corrected chi connectivity index (χ2v) is 7.78. The highest BCUT2D eigenvalue weighted by molar-refractivity contribution is 5.89. The molecule has 1 saturated carbocycles. The van der Waals surface area contributed by atoms with Crippen molar-refractivity contribution in [2.24, 2.45) is 11.1 Å². The first kappa shape index (κ1) is 18.0. The summed E-state index contributed by atoms with van der Waals surface area (Å²) >= 11 is 0.